The van der Waals surface area contributed by atoms with Crippen molar-refractivity contribution in [2.75, 3.05) is 18.0 Å². The van der Waals surface area contributed by atoms with Crippen LogP contribution in [0.25, 0.3) is 27.9 Å². The first-order valence-electron chi connectivity index (χ1n) is 15.8. The van der Waals surface area contributed by atoms with E-state index in [1.807, 2.05) is 6.07 Å². The normalized spacial score (nSPS) is 20.0. The number of pyridine rings is 2. The molecule has 4 heterocycles. The van der Waals surface area contributed by atoms with Gasteiger partial charge in [-0.1, -0.05) is 22.8 Å². The van der Waals surface area contributed by atoms with Gasteiger partial charge >= 0.3 is 6.61 Å². The third-order valence-corrected chi connectivity index (χ3v) is 11.8. The Morgan fingerprint density at radius 2 is 1.87 bits per heavy atom. The smallest absolute Gasteiger partial charge is 0.387 e. The van der Waals surface area contributed by atoms with Gasteiger partial charge in [0.05, 0.1) is 27.0 Å². The number of sulfonamides is 1. The van der Waals surface area contributed by atoms with Crippen molar-refractivity contribution in [2.45, 2.75) is 69.0 Å². The Morgan fingerprint density at radius 3 is 2.55 bits per heavy atom. The number of aromatic nitrogens is 3. The lowest BCUT2D eigenvalue weighted by Gasteiger charge is -2.47. The number of piperidine rings is 1. The molecule has 8 rings (SSSR count). The maximum Gasteiger partial charge on any atom is 0.387 e. The second-order valence-corrected chi connectivity index (χ2v) is 15.4. The fraction of sp³-hybridized carbons (Fsp3) is 0.424. The van der Waals surface area contributed by atoms with Crippen LogP contribution in [0, 0.1) is 5.41 Å². The van der Waals surface area contributed by atoms with Crippen LogP contribution >= 0.6 is 11.6 Å². The number of aliphatic hydroxyl groups excluding tert-OH is 1. The van der Waals surface area contributed by atoms with Crippen molar-refractivity contribution in [3.8, 4) is 17.1 Å². The molecule has 4 aromatic rings. The van der Waals surface area contributed by atoms with Gasteiger partial charge in [-0.2, -0.15) is 13.5 Å². The molecule has 0 radical (unpaired) electrons. The van der Waals surface area contributed by atoms with Crippen LogP contribution in [0.2, 0.25) is 5.02 Å². The standard InChI is InChI=1S/C33H32ClF2N5O5S/c34-23-2-1-11-37-28(23)29-27(30(46-39-29)18-3-4-18)19-16-33(17-19)9-12-41(13-10-33)20-5-8-24-22(14-20)26(45-32(35)36)15-25(38-24)31(42)40-47(43,44)21-6-7-21/h1-2,5,8,11,14-16,18,21,31-32,40,42H,3-4,6-7,9-10,12-13,17H2. The van der Waals surface area contributed by atoms with Crippen LogP contribution in [0.15, 0.2) is 53.2 Å². The minimum atomic E-state index is -3.74. The largest absolute Gasteiger partial charge is 0.434 e. The van der Waals surface area contributed by atoms with Crippen molar-refractivity contribution in [1.29, 1.82) is 0 Å². The molecule has 47 heavy (non-hydrogen) atoms. The molecule has 0 bridgehead atoms. The van der Waals surface area contributed by atoms with Crippen LogP contribution in [0.1, 0.15) is 74.1 Å². The summed E-state index contributed by atoms with van der Waals surface area (Å²) in [5.74, 6) is 1.11. The number of benzene rings is 1. The zero-order chi connectivity index (χ0) is 32.5. The average Bonchev–Trinajstić information content (AvgIpc) is 3.97. The van der Waals surface area contributed by atoms with E-state index in [9.17, 15) is 22.3 Å². The highest BCUT2D eigenvalue weighted by atomic mass is 35.5. The first-order chi connectivity index (χ1) is 22.6. The molecule has 1 unspecified atom stereocenters. The number of fused-ring (bicyclic) bond motifs is 1. The lowest BCUT2D eigenvalue weighted by molar-refractivity contribution is -0.0490. The van der Waals surface area contributed by atoms with Crippen molar-refractivity contribution in [3.05, 3.63) is 70.7 Å². The fourth-order valence-corrected chi connectivity index (χ4v) is 8.39. The van der Waals surface area contributed by atoms with Crippen LogP contribution in [0.4, 0.5) is 14.5 Å². The van der Waals surface area contributed by atoms with Crippen LogP contribution in [0.3, 0.4) is 0 Å². The first kappa shape index (κ1) is 30.7. The number of hydrogen-bond acceptors (Lipinski definition) is 9. The number of hydrogen-bond donors (Lipinski definition) is 2. The van der Waals surface area contributed by atoms with Gasteiger partial charge in [-0.15, -0.1) is 0 Å². The van der Waals surface area contributed by atoms with E-state index in [1.165, 1.54) is 5.57 Å². The number of anilines is 1. The van der Waals surface area contributed by atoms with Gasteiger partial charge < -0.3 is 19.3 Å². The molecule has 0 amide bonds. The van der Waals surface area contributed by atoms with Crippen LogP contribution < -0.4 is 14.4 Å². The Morgan fingerprint density at radius 1 is 1.11 bits per heavy atom. The zero-order valence-electron chi connectivity index (χ0n) is 25.2. The lowest BCUT2D eigenvalue weighted by Crippen LogP contribution is -2.42. The number of ether oxygens (including phenoxy) is 1. The SMILES string of the molecule is O=S(=O)(NC(O)c1cc(OC(F)F)c2cc(N3CCC4(C=C(c5c(-c6ncccc6Cl)noc5C5CC5)C4)CC3)ccc2n1)C1CC1. The van der Waals surface area contributed by atoms with Crippen molar-refractivity contribution in [2.24, 2.45) is 5.41 Å². The Bertz CT molecular complexity index is 2010. The van der Waals surface area contributed by atoms with Gasteiger partial charge in [0.15, 0.2) is 6.23 Å². The lowest BCUT2D eigenvalue weighted by atomic mass is 9.63. The summed E-state index contributed by atoms with van der Waals surface area (Å²) >= 11 is 6.49. The Kier molecular flexibility index (Phi) is 7.50. The second-order valence-electron chi connectivity index (χ2n) is 13.0. The molecule has 3 fully saturated rings. The van der Waals surface area contributed by atoms with E-state index in [2.05, 4.69) is 30.8 Å². The molecule has 3 aromatic heterocycles. The van der Waals surface area contributed by atoms with Gasteiger partial charge in [0.2, 0.25) is 10.0 Å². The number of halogens is 3. The minimum Gasteiger partial charge on any atom is -0.434 e. The monoisotopic (exact) mass is 683 g/mol. The molecule has 3 aliphatic carbocycles. The molecule has 2 N–H and O–H groups in total. The summed E-state index contributed by atoms with van der Waals surface area (Å²) in [6, 6.07) is 10.1. The summed E-state index contributed by atoms with van der Waals surface area (Å²) < 4.78 is 64.4. The minimum absolute atomic E-state index is 0.0380. The molecule has 1 spiro atoms. The van der Waals surface area contributed by atoms with Crippen LogP contribution in [-0.4, -0.2) is 53.6 Å². The quantitative estimate of drug-likeness (QED) is 0.178. The highest BCUT2D eigenvalue weighted by Crippen LogP contribution is 2.56. The predicted molar refractivity (Wildman–Crippen MR) is 172 cm³/mol. The molecule has 10 nitrogen and oxygen atoms in total. The van der Waals surface area contributed by atoms with E-state index >= 15 is 0 Å². The molecule has 2 saturated carbocycles. The van der Waals surface area contributed by atoms with Crippen molar-refractivity contribution < 1.29 is 31.6 Å². The van der Waals surface area contributed by atoms with Crippen molar-refractivity contribution in [1.82, 2.24) is 19.8 Å². The Balaban J connectivity index is 1.02. The second kappa shape index (κ2) is 11.5. The van der Waals surface area contributed by atoms with Gasteiger partial charge in [0.25, 0.3) is 0 Å². The van der Waals surface area contributed by atoms with E-state index in [0.717, 1.165) is 68.3 Å². The molecular formula is C33H32ClF2N5O5S. The highest BCUT2D eigenvalue weighted by molar-refractivity contribution is 7.90. The van der Waals surface area contributed by atoms with E-state index in [1.54, 1.807) is 30.5 Å². The van der Waals surface area contributed by atoms with Gasteiger partial charge in [0, 0.05) is 42.3 Å². The van der Waals surface area contributed by atoms with E-state index in [-0.39, 0.29) is 16.9 Å². The van der Waals surface area contributed by atoms with E-state index in [4.69, 9.17) is 20.9 Å². The molecule has 1 saturated heterocycles. The number of nitrogens with one attached hydrogen (secondary N) is 1. The average molecular weight is 684 g/mol. The third kappa shape index (κ3) is 5.87. The summed E-state index contributed by atoms with van der Waals surface area (Å²) in [4.78, 5) is 11.1. The topological polar surface area (TPSA) is 131 Å². The van der Waals surface area contributed by atoms with E-state index < -0.39 is 28.1 Å². The molecule has 1 aliphatic heterocycles. The predicted octanol–water partition coefficient (Wildman–Crippen LogP) is 6.56. The number of nitrogens with zero attached hydrogens (tertiary/aromatic N) is 4. The van der Waals surface area contributed by atoms with Gasteiger partial charge in [-0.3, -0.25) is 4.98 Å². The Labute approximate surface area is 274 Å². The Hall–Kier alpha value is -3.65. The number of aliphatic hydroxyl groups is 1. The molecule has 1 atom stereocenters. The maximum absolute atomic E-state index is 13.4. The number of alkyl halides is 2. The summed E-state index contributed by atoms with van der Waals surface area (Å²) in [7, 11) is -3.74. The summed E-state index contributed by atoms with van der Waals surface area (Å²) in [5, 5.41) is 15.3. The summed E-state index contributed by atoms with van der Waals surface area (Å²) in [5.41, 5.74) is 4.61. The van der Waals surface area contributed by atoms with Crippen molar-refractivity contribution >= 4 is 43.8 Å². The summed E-state index contributed by atoms with van der Waals surface area (Å²) in [6.07, 6.45) is 8.25. The molecule has 246 valence electrons. The first-order valence-corrected chi connectivity index (χ1v) is 17.7. The molecule has 1 aromatic carbocycles. The number of allylic oxidation sites excluding steroid dienone is 2. The third-order valence-electron chi connectivity index (χ3n) is 9.63. The molecule has 4 aliphatic rings. The van der Waals surface area contributed by atoms with Gasteiger partial charge in [-0.05, 0) is 86.3 Å². The maximum atomic E-state index is 13.4. The summed E-state index contributed by atoms with van der Waals surface area (Å²) in [6.45, 7) is -1.61. The number of rotatable bonds is 10. The zero-order valence-corrected chi connectivity index (χ0v) is 26.8. The van der Waals surface area contributed by atoms with Gasteiger partial charge in [-0.25, -0.2) is 13.4 Å². The van der Waals surface area contributed by atoms with E-state index in [0.29, 0.717) is 46.1 Å². The van der Waals surface area contributed by atoms with Crippen molar-refractivity contribution in [3.63, 3.8) is 0 Å². The fourth-order valence-electron chi connectivity index (χ4n) is 6.79. The molecule has 14 heteroatoms. The van der Waals surface area contributed by atoms with Gasteiger partial charge in [0.1, 0.15) is 22.9 Å². The van der Waals surface area contributed by atoms with Crippen LogP contribution in [-0.2, 0) is 10.0 Å². The highest BCUT2D eigenvalue weighted by Gasteiger charge is 2.44. The van der Waals surface area contributed by atoms with Crippen LogP contribution in [0.5, 0.6) is 5.75 Å². The molecular weight excluding hydrogens is 652 g/mol.